The smallest absolute Gasteiger partial charge is 0.322 e. The topological polar surface area (TPSA) is 68.0 Å². The number of nitrogens with zero attached hydrogens (tertiary/aromatic N) is 2. The molecule has 1 amide bonds. The van der Waals surface area contributed by atoms with Crippen LogP contribution < -0.4 is 5.32 Å². The molecule has 0 aliphatic carbocycles. The lowest BCUT2D eigenvalue weighted by atomic mass is 10.1. The monoisotopic (exact) mass is 339 g/mol. The number of thioether (sulfide) groups is 1. The van der Waals surface area contributed by atoms with Gasteiger partial charge in [0.2, 0.25) is 11.8 Å². The van der Waals surface area contributed by atoms with E-state index in [1.165, 1.54) is 11.8 Å². The molecule has 0 atom stereocenters. The number of carbonyl (C=O) groups is 1. The molecule has 0 fully saturated rings. The predicted octanol–water partition coefficient (Wildman–Crippen LogP) is 4.08. The first-order chi connectivity index (χ1) is 11.6. The fraction of sp³-hybridized carbons (Fsp3) is 0.167. The maximum Gasteiger partial charge on any atom is 0.322 e. The molecule has 0 unspecified atom stereocenters. The number of nitrogens with one attached hydrogen (secondary N) is 1. The van der Waals surface area contributed by atoms with Crippen molar-refractivity contribution in [3.05, 3.63) is 59.7 Å². The van der Waals surface area contributed by atoms with Gasteiger partial charge in [-0.3, -0.25) is 10.1 Å². The van der Waals surface area contributed by atoms with Crippen LogP contribution in [0.15, 0.2) is 57.8 Å². The van der Waals surface area contributed by atoms with Crippen LogP contribution in [0.1, 0.15) is 11.1 Å². The summed E-state index contributed by atoms with van der Waals surface area (Å²) in [5.41, 5.74) is 3.08. The molecule has 1 heterocycles. The Kier molecular flexibility index (Phi) is 4.96. The molecule has 3 rings (SSSR count). The van der Waals surface area contributed by atoms with Gasteiger partial charge in [-0.05, 0) is 38.1 Å². The van der Waals surface area contributed by atoms with Crippen molar-refractivity contribution < 1.29 is 9.21 Å². The first kappa shape index (κ1) is 16.3. The van der Waals surface area contributed by atoms with Crippen molar-refractivity contribution in [3.8, 4) is 11.5 Å². The van der Waals surface area contributed by atoms with Gasteiger partial charge in [-0.15, -0.1) is 16.9 Å². The average Bonchev–Trinajstić information content (AvgIpc) is 3.01. The van der Waals surface area contributed by atoms with E-state index in [-0.39, 0.29) is 17.7 Å². The van der Waals surface area contributed by atoms with Gasteiger partial charge in [-0.25, -0.2) is 0 Å². The first-order valence-electron chi connectivity index (χ1n) is 7.50. The Morgan fingerprint density at radius 2 is 1.79 bits per heavy atom. The van der Waals surface area contributed by atoms with Crippen LogP contribution in [0.3, 0.4) is 0 Å². The molecule has 0 spiro atoms. The normalized spacial score (nSPS) is 10.6. The number of hydrogen-bond acceptors (Lipinski definition) is 5. The third kappa shape index (κ3) is 4.23. The molecule has 1 aromatic heterocycles. The van der Waals surface area contributed by atoms with E-state index in [4.69, 9.17) is 4.42 Å². The van der Waals surface area contributed by atoms with Crippen molar-refractivity contribution in [2.75, 3.05) is 11.1 Å². The number of carbonyl (C=O) groups excluding carboxylic acids is 1. The largest absolute Gasteiger partial charge is 0.403 e. The van der Waals surface area contributed by atoms with Crippen LogP contribution in [-0.4, -0.2) is 21.9 Å². The van der Waals surface area contributed by atoms with E-state index >= 15 is 0 Å². The van der Waals surface area contributed by atoms with Gasteiger partial charge in [0.15, 0.2) is 0 Å². The molecule has 0 aliphatic heterocycles. The van der Waals surface area contributed by atoms with Gasteiger partial charge < -0.3 is 4.42 Å². The van der Waals surface area contributed by atoms with Crippen LogP contribution in [-0.2, 0) is 4.79 Å². The van der Waals surface area contributed by atoms with Gasteiger partial charge in [-0.1, -0.05) is 40.5 Å². The number of hydrogen-bond donors (Lipinski definition) is 1. The minimum Gasteiger partial charge on any atom is -0.403 e. The van der Waals surface area contributed by atoms with Crippen molar-refractivity contribution >= 4 is 23.7 Å². The molecule has 0 bridgehead atoms. The lowest BCUT2D eigenvalue weighted by Crippen LogP contribution is -2.14. The third-order valence-electron chi connectivity index (χ3n) is 3.25. The highest BCUT2D eigenvalue weighted by atomic mass is 32.2. The van der Waals surface area contributed by atoms with Crippen LogP contribution in [0.2, 0.25) is 0 Å². The zero-order valence-corrected chi connectivity index (χ0v) is 14.3. The lowest BCUT2D eigenvalue weighted by Gasteiger charge is -2.01. The van der Waals surface area contributed by atoms with Crippen LogP contribution in [0, 0.1) is 13.8 Å². The maximum absolute atomic E-state index is 12.0. The van der Waals surface area contributed by atoms with E-state index < -0.39 is 0 Å². The quantitative estimate of drug-likeness (QED) is 0.709. The highest BCUT2D eigenvalue weighted by Crippen LogP contribution is 2.23. The molecular formula is C18H17N3O2S. The van der Waals surface area contributed by atoms with Crippen molar-refractivity contribution in [2.24, 2.45) is 0 Å². The second kappa shape index (κ2) is 7.31. The van der Waals surface area contributed by atoms with Crippen molar-refractivity contribution in [1.82, 2.24) is 10.2 Å². The molecule has 0 radical (unpaired) electrons. The van der Waals surface area contributed by atoms with Crippen molar-refractivity contribution in [1.29, 1.82) is 0 Å². The standard InChI is InChI=1S/C18H17N3O2S/c1-12-8-13(2)10-14(9-12)17-20-21-18(23-17)19-16(22)11-24-15-6-4-3-5-7-15/h3-10H,11H2,1-2H3,(H,19,21,22). The molecule has 0 aliphatic rings. The summed E-state index contributed by atoms with van der Waals surface area (Å²) in [6.07, 6.45) is 0. The first-order valence-corrected chi connectivity index (χ1v) is 8.48. The summed E-state index contributed by atoms with van der Waals surface area (Å²) in [5, 5.41) is 10.5. The summed E-state index contributed by atoms with van der Waals surface area (Å²) in [5.74, 6) is 0.498. The summed E-state index contributed by atoms with van der Waals surface area (Å²) in [4.78, 5) is 13.0. The summed E-state index contributed by atoms with van der Waals surface area (Å²) in [6.45, 7) is 4.02. The van der Waals surface area contributed by atoms with Gasteiger partial charge in [-0.2, -0.15) is 0 Å². The number of anilines is 1. The SMILES string of the molecule is Cc1cc(C)cc(-c2nnc(NC(=O)CSc3ccccc3)o2)c1. The summed E-state index contributed by atoms with van der Waals surface area (Å²) < 4.78 is 5.54. The Hall–Kier alpha value is -2.60. The van der Waals surface area contributed by atoms with Crippen molar-refractivity contribution in [2.45, 2.75) is 18.7 Å². The number of aryl methyl sites for hydroxylation is 2. The van der Waals surface area contributed by atoms with E-state index in [2.05, 4.69) is 21.6 Å². The Morgan fingerprint density at radius 3 is 2.50 bits per heavy atom. The van der Waals surface area contributed by atoms with E-state index in [1.54, 1.807) is 0 Å². The van der Waals surface area contributed by atoms with Gasteiger partial charge in [0.25, 0.3) is 0 Å². The molecule has 3 aromatic rings. The molecule has 1 N–H and O–H groups in total. The molecule has 6 heteroatoms. The molecule has 0 saturated heterocycles. The number of rotatable bonds is 5. The molecule has 5 nitrogen and oxygen atoms in total. The van der Waals surface area contributed by atoms with Gasteiger partial charge in [0, 0.05) is 10.5 Å². The number of benzene rings is 2. The van der Waals surface area contributed by atoms with Gasteiger partial charge >= 0.3 is 6.01 Å². The average molecular weight is 339 g/mol. The molecule has 122 valence electrons. The van der Waals surface area contributed by atoms with E-state index in [0.717, 1.165) is 21.6 Å². The Morgan fingerprint density at radius 1 is 1.08 bits per heavy atom. The fourth-order valence-corrected chi connectivity index (χ4v) is 3.03. The number of amides is 1. The minimum atomic E-state index is -0.181. The molecule has 0 saturated carbocycles. The molecule has 2 aromatic carbocycles. The van der Waals surface area contributed by atoms with Gasteiger partial charge in [0.05, 0.1) is 5.75 Å². The fourth-order valence-electron chi connectivity index (χ4n) is 2.31. The molecular weight excluding hydrogens is 322 g/mol. The molecule has 24 heavy (non-hydrogen) atoms. The summed E-state index contributed by atoms with van der Waals surface area (Å²) in [7, 11) is 0. The van der Waals surface area contributed by atoms with E-state index in [0.29, 0.717) is 5.89 Å². The Balaban J connectivity index is 1.62. The Bertz CT molecular complexity index is 826. The summed E-state index contributed by atoms with van der Waals surface area (Å²) in [6, 6.07) is 15.9. The number of aromatic nitrogens is 2. The Labute approximate surface area is 144 Å². The lowest BCUT2D eigenvalue weighted by molar-refractivity contribution is -0.113. The maximum atomic E-state index is 12.0. The highest BCUT2D eigenvalue weighted by Gasteiger charge is 2.12. The van der Waals surface area contributed by atoms with Crippen LogP contribution >= 0.6 is 11.8 Å². The zero-order chi connectivity index (χ0) is 16.9. The van der Waals surface area contributed by atoms with E-state index in [9.17, 15) is 4.79 Å². The third-order valence-corrected chi connectivity index (χ3v) is 4.27. The van der Waals surface area contributed by atoms with E-state index in [1.807, 2.05) is 56.3 Å². The second-order valence-corrected chi connectivity index (χ2v) is 6.49. The summed E-state index contributed by atoms with van der Waals surface area (Å²) >= 11 is 1.45. The van der Waals surface area contributed by atoms with Crippen LogP contribution in [0.25, 0.3) is 11.5 Å². The predicted molar refractivity (Wildman–Crippen MR) is 95.0 cm³/mol. The van der Waals surface area contributed by atoms with Crippen LogP contribution in [0.4, 0.5) is 6.01 Å². The van der Waals surface area contributed by atoms with Crippen LogP contribution in [0.5, 0.6) is 0 Å². The minimum absolute atomic E-state index is 0.114. The zero-order valence-electron chi connectivity index (χ0n) is 13.4. The van der Waals surface area contributed by atoms with Gasteiger partial charge in [0.1, 0.15) is 0 Å². The highest BCUT2D eigenvalue weighted by molar-refractivity contribution is 8.00. The second-order valence-electron chi connectivity index (χ2n) is 5.44. The van der Waals surface area contributed by atoms with Crippen molar-refractivity contribution in [3.63, 3.8) is 0 Å².